The summed E-state index contributed by atoms with van der Waals surface area (Å²) >= 11 is 0. The van der Waals surface area contributed by atoms with Crippen molar-refractivity contribution in [3.63, 3.8) is 0 Å². The van der Waals surface area contributed by atoms with E-state index in [-0.39, 0.29) is 18.4 Å². The molecule has 0 atom stereocenters. The molecule has 0 bridgehead atoms. The summed E-state index contributed by atoms with van der Waals surface area (Å²) in [6.07, 6.45) is 11.9. The summed E-state index contributed by atoms with van der Waals surface area (Å²) in [6, 6.07) is 0. The number of nitrogens with zero attached hydrogens (tertiary/aromatic N) is 1. The molecule has 0 fully saturated rings. The molecular formula is C14H33NO6S. The zero-order chi connectivity index (χ0) is 17.3. The van der Waals surface area contributed by atoms with E-state index in [9.17, 15) is 8.42 Å². The van der Waals surface area contributed by atoms with Crippen molar-refractivity contribution in [2.24, 2.45) is 0 Å². The molecular weight excluding hydrogens is 310 g/mol. The van der Waals surface area contributed by atoms with Gasteiger partial charge >= 0.3 is 10.4 Å². The Morgan fingerprint density at radius 2 is 1.18 bits per heavy atom. The van der Waals surface area contributed by atoms with Crippen LogP contribution in [0.5, 0.6) is 0 Å². The highest BCUT2D eigenvalue weighted by Crippen LogP contribution is 2.10. The first-order valence-corrected chi connectivity index (χ1v) is 9.47. The van der Waals surface area contributed by atoms with Gasteiger partial charge < -0.3 is 0 Å². The molecule has 136 valence electrons. The molecule has 0 spiro atoms. The quantitative estimate of drug-likeness (QED) is 0.265. The van der Waals surface area contributed by atoms with Gasteiger partial charge in [-0.3, -0.25) is 15.0 Å². The molecule has 8 heteroatoms. The molecule has 0 amide bonds. The normalized spacial score (nSPS) is 11.4. The van der Waals surface area contributed by atoms with Crippen molar-refractivity contribution < 1.29 is 27.6 Å². The van der Waals surface area contributed by atoms with Gasteiger partial charge in [-0.15, -0.1) is 0 Å². The highest BCUT2D eigenvalue weighted by Gasteiger charge is 2.02. The standard InChI is InChI=1S/C12H26O4S.C2H7NO2/c1-2-3-4-5-6-7-8-9-10-11-12-16-17(13,14)15;1-2-3(4)5/h2-12H2,1H3,(H,13,14,15);4-5H,2H2,1H3. The molecule has 0 heterocycles. The van der Waals surface area contributed by atoms with Crippen molar-refractivity contribution in [1.82, 2.24) is 5.23 Å². The molecule has 0 saturated heterocycles. The summed E-state index contributed by atoms with van der Waals surface area (Å²) in [4.78, 5) is 0. The van der Waals surface area contributed by atoms with Crippen LogP contribution in [0.25, 0.3) is 0 Å². The lowest BCUT2D eigenvalue weighted by atomic mass is 10.1. The van der Waals surface area contributed by atoms with Gasteiger partial charge in [-0.2, -0.15) is 8.42 Å². The van der Waals surface area contributed by atoms with E-state index < -0.39 is 10.4 Å². The summed E-state index contributed by atoms with van der Waals surface area (Å²) in [7, 11) is -4.23. The lowest BCUT2D eigenvalue weighted by Gasteiger charge is -2.02. The van der Waals surface area contributed by atoms with Gasteiger partial charge in [0.15, 0.2) is 0 Å². The minimum atomic E-state index is -4.23. The average Bonchev–Trinajstić information content (AvgIpc) is 2.44. The molecule has 0 aliphatic heterocycles. The van der Waals surface area contributed by atoms with Crippen molar-refractivity contribution >= 4 is 10.4 Å². The molecule has 3 N–H and O–H groups in total. The third-order valence-corrected chi connectivity index (χ3v) is 3.48. The zero-order valence-corrected chi connectivity index (χ0v) is 14.7. The summed E-state index contributed by atoms with van der Waals surface area (Å²) in [5, 5.41) is 15.6. The van der Waals surface area contributed by atoms with Crippen molar-refractivity contribution in [3.05, 3.63) is 0 Å². The maximum Gasteiger partial charge on any atom is 0.397 e. The van der Waals surface area contributed by atoms with Crippen molar-refractivity contribution in [1.29, 1.82) is 0 Å². The van der Waals surface area contributed by atoms with Gasteiger partial charge in [-0.05, 0) is 13.3 Å². The predicted octanol–water partition coefficient (Wildman–Crippen LogP) is 3.81. The van der Waals surface area contributed by atoms with Gasteiger partial charge in [-0.1, -0.05) is 69.9 Å². The summed E-state index contributed by atoms with van der Waals surface area (Å²) < 4.78 is 33.0. The van der Waals surface area contributed by atoms with Gasteiger partial charge in [0.05, 0.1) is 6.61 Å². The van der Waals surface area contributed by atoms with E-state index in [0.29, 0.717) is 6.42 Å². The fraction of sp³-hybridized carbons (Fsp3) is 1.00. The van der Waals surface area contributed by atoms with E-state index in [2.05, 4.69) is 11.1 Å². The first kappa shape index (κ1) is 24.0. The second-order valence-corrected chi connectivity index (χ2v) is 6.21. The molecule has 22 heavy (non-hydrogen) atoms. The van der Waals surface area contributed by atoms with Crippen LogP contribution in [0.1, 0.15) is 78.1 Å². The lowest BCUT2D eigenvalue weighted by molar-refractivity contribution is -0.303. The number of hydrogen-bond acceptors (Lipinski definition) is 6. The highest BCUT2D eigenvalue weighted by molar-refractivity contribution is 7.80. The van der Waals surface area contributed by atoms with Gasteiger partial charge in [0.2, 0.25) is 0 Å². The third-order valence-electron chi connectivity index (χ3n) is 3.01. The van der Waals surface area contributed by atoms with Crippen molar-refractivity contribution in [2.75, 3.05) is 13.2 Å². The van der Waals surface area contributed by atoms with Gasteiger partial charge in [0, 0.05) is 6.54 Å². The van der Waals surface area contributed by atoms with Gasteiger partial charge in [-0.25, -0.2) is 4.18 Å². The van der Waals surface area contributed by atoms with Crippen LogP contribution in [0.3, 0.4) is 0 Å². The van der Waals surface area contributed by atoms with E-state index >= 15 is 0 Å². The summed E-state index contributed by atoms with van der Waals surface area (Å²) in [5.74, 6) is 0. The number of rotatable bonds is 13. The average molecular weight is 343 g/mol. The molecule has 0 unspecified atom stereocenters. The highest BCUT2D eigenvalue weighted by atomic mass is 32.3. The van der Waals surface area contributed by atoms with Crippen molar-refractivity contribution in [3.8, 4) is 0 Å². The molecule has 0 aromatic heterocycles. The van der Waals surface area contributed by atoms with Crippen LogP contribution in [-0.4, -0.2) is 41.8 Å². The van der Waals surface area contributed by atoms with Crippen LogP contribution in [-0.2, 0) is 14.6 Å². The monoisotopic (exact) mass is 343 g/mol. The maximum absolute atomic E-state index is 10.2. The minimum absolute atomic E-state index is 0.0926. The smallest absolute Gasteiger partial charge is 0.290 e. The minimum Gasteiger partial charge on any atom is -0.290 e. The topological polar surface area (TPSA) is 107 Å². The second kappa shape index (κ2) is 17.1. The fourth-order valence-corrected chi connectivity index (χ4v) is 2.08. The molecule has 0 saturated carbocycles. The van der Waals surface area contributed by atoms with Crippen LogP contribution in [0.15, 0.2) is 0 Å². The Labute approximate surface area is 135 Å². The second-order valence-electron chi connectivity index (χ2n) is 5.12. The van der Waals surface area contributed by atoms with Crippen LogP contribution < -0.4 is 0 Å². The first-order chi connectivity index (χ1) is 10.3. The SMILES string of the molecule is CCCCCCCCCCCCOS(=O)(=O)O.CCN(O)O. The Kier molecular flexibility index (Phi) is 18.7. The molecule has 0 aliphatic rings. The zero-order valence-electron chi connectivity index (χ0n) is 13.9. The van der Waals surface area contributed by atoms with Crippen LogP contribution >= 0.6 is 0 Å². The van der Waals surface area contributed by atoms with E-state index in [0.717, 1.165) is 12.8 Å². The molecule has 0 aliphatic carbocycles. The Morgan fingerprint density at radius 1 is 0.818 bits per heavy atom. The molecule has 0 aromatic rings. The number of unbranched alkanes of at least 4 members (excludes halogenated alkanes) is 9. The van der Waals surface area contributed by atoms with Crippen LogP contribution in [0, 0.1) is 0 Å². The molecule has 7 nitrogen and oxygen atoms in total. The Bertz CT molecular complexity index is 308. The van der Waals surface area contributed by atoms with E-state index in [1.54, 1.807) is 6.92 Å². The summed E-state index contributed by atoms with van der Waals surface area (Å²) in [5.41, 5.74) is 0. The Balaban J connectivity index is 0. The Morgan fingerprint density at radius 3 is 1.50 bits per heavy atom. The fourth-order valence-electron chi connectivity index (χ4n) is 1.75. The lowest BCUT2D eigenvalue weighted by Crippen LogP contribution is -2.10. The third kappa shape index (κ3) is 28.0. The Hall–Kier alpha value is -0.250. The molecule has 0 radical (unpaired) electrons. The first-order valence-electron chi connectivity index (χ1n) is 8.10. The maximum atomic E-state index is 10.2. The van der Waals surface area contributed by atoms with Crippen LogP contribution in [0.2, 0.25) is 0 Å². The summed E-state index contributed by atoms with van der Waals surface area (Å²) in [6.45, 7) is 4.18. The van der Waals surface area contributed by atoms with E-state index in [1.165, 1.54) is 44.9 Å². The van der Waals surface area contributed by atoms with E-state index in [4.69, 9.17) is 15.0 Å². The largest absolute Gasteiger partial charge is 0.397 e. The number of hydroxylamine groups is 2. The number of hydrogen-bond donors (Lipinski definition) is 3. The van der Waals surface area contributed by atoms with Gasteiger partial charge in [0.25, 0.3) is 0 Å². The predicted molar refractivity (Wildman–Crippen MR) is 85.3 cm³/mol. The van der Waals surface area contributed by atoms with Gasteiger partial charge in [0.1, 0.15) is 0 Å². The van der Waals surface area contributed by atoms with Crippen molar-refractivity contribution in [2.45, 2.75) is 78.1 Å². The molecule has 0 rings (SSSR count). The van der Waals surface area contributed by atoms with Crippen LogP contribution in [0.4, 0.5) is 0 Å². The van der Waals surface area contributed by atoms with E-state index in [1.807, 2.05) is 0 Å². The molecule has 0 aromatic carbocycles.